The summed E-state index contributed by atoms with van der Waals surface area (Å²) in [6.45, 7) is 4.10. The minimum atomic E-state index is -0.121. The van der Waals surface area contributed by atoms with Crippen molar-refractivity contribution in [2.75, 3.05) is 22.6 Å². The monoisotopic (exact) mass is 946 g/mol. The number of aryl methyl sites for hydroxylation is 2. The molecule has 48 heavy (non-hydrogen) atoms. The molecule has 0 bridgehead atoms. The van der Waals surface area contributed by atoms with Crippen molar-refractivity contribution in [2.24, 2.45) is 0 Å². The molecule has 3 N–H and O–H groups in total. The van der Waals surface area contributed by atoms with E-state index in [0.29, 0.717) is 22.2 Å². The second-order valence-electron chi connectivity index (χ2n) is 11.5. The number of benzene rings is 5. The van der Waals surface area contributed by atoms with E-state index in [1.807, 2.05) is 79.7 Å². The third kappa shape index (κ3) is 9.73. The molecule has 0 radical (unpaired) electrons. The summed E-state index contributed by atoms with van der Waals surface area (Å²) in [4.78, 5) is 27.1. The van der Waals surface area contributed by atoms with E-state index in [1.54, 1.807) is 24.1 Å². The van der Waals surface area contributed by atoms with E-state index in [4.69, 9.17) is 11.6 Å². The van der Waals surface area contributed by atoms with Gasteiger partial charge in [-0.2, -0.15) is 0 Å². The Hall–Kier alpha value is -3.13. The second-order valence-corrected chi connectivity index (χ2v) is 15.3. The van der Waals surface area contributed by atoms with Gasteiger partial charge in [-0.25, -0.2) is 0 Å². The Morgan fingerprint density at radius 1 is 0.729 bits per heavy atom. The number of rotatable bonds is 8. The van der Waals surface area contributed by atoms with Crippen LogP contribution in [0.4, 0.5) is 28.4 Å². The van der Waals surface area contributed by atoms with Crippen LogP contribution in [-0.4, -0.2) is 24.9 Å². The molecular weight excluding hydrogens is 914 g/mol. The minimum absolute atomic E-state index is 0.0190. The van der Waals surface area contributed by atoms with E-state index < -0.39 is 0 Å². The number of amides is 2. The Morgan fingerprint density at radius 3 is 1.83 bits per heavy atom. The van der Waals surface area contributed by atoms with Crippen molar-refractivity contribution in [1.29, 1.82) is 0 Å². The van der Waals surface area contributed by atoms with Crippen LogP contribution < -0.4 is 20.9 Å². The van der Waals surface area contributed by atoms with Gasteiger partial charge in [-0.15, -0.1) is 0 Å². The van der Waals surface area contributed by atoms with E-state index in [1.165, 1.54) is 7.14 Å². The van der Waals surface area contributed by atoms with Crippen LogP contribution in [0.1, 0.15) is 44.7 Å². The maximum absolute atomic E-state index is 13.1. The fourth-order valence-corrected chi connectivity index (χ4v) is 6.71. The van der Waals surface area contributed by atoms with Crippen molar-refractivity contribution < 1.29 is 9.59 Å². The highest BCUT2D eigenvalue weighted by molar-refractivity contribution is 14.1. The summed E-state index contributed by atoms with van der Waals surface area (Å²) in [5.74, 6) is -0.140. The van der Waals surface area contributed by atoms with Crippen molar-refractivity contribution in [1.82, 2.24) is 5.32 Å². The molecule has 6 rings (SSSR count). The lowest BCUT2D eigenvalue weighted by Gasteiger charge is -2.20. The topological polar surface area (TPSA) is 73.5 Å². The van der Waals surface area contributed by atoms with E-state index in [2.05, 4.69) is 102 Å². The number of nitrogens with one attached hydrogen (secondary N) is 3. The molecule has 0 aromatic heterocycles. The van der Waals surface area contributed by atoms with Gasteiger partial charge in [0.05, 0.1) is 22.5 Å². The lowest BCUT2D eigenvalue weighted by Crippen LogP contribution is -2.26. The zero-order valence-electron chi connectivity index (χ0n) is 26.6. The van der Waals surface area contributed by atoms with Crippen LogP contribution in [0.2, 0.25) is 5.02 Å². The molecule has 1 aliphatic rings. The van der Waals surface area contributed by atoms with Crippen molar-refractivity contribution >= 4 is 113 Å². The molecule has 2 amide bonds. The Morgan fingerprint density at radius 2 is 1.27 bits per heavy atom. The Balaban J connectivity index is 0.000000190. The standard InChI is InChI=1S/C21H18ClIN2O.C17H16BrIN2O/c1-14-12-16(23)9-11-19(14)24-20-10-8-15(22)13-18(20)21(26)25(2)17-6-4-3-5-7-17;1-10-8-12(19)3-7-15(10)21-16-6-2-11(18)9-14(16)17(22)20-13-4-5-13/h3-13,24H,1-2H3;2-3,6-9,13,21H,4-5H2,1H3,(H,20,22). The molecule has 0 spiro atoms. The van der Waals surface area contributed by atoms with Crippen molar-refractivity contribution in [3.63, 3.8) is 0 Å². The zero-order chi connectivity index (χ0) is 34.4. The first kappa shape index (κ1) is 36.2. The minimum Gasteiger partial charge on any atom is -0.355 e. The van der Waals surface area contributed by atoms with Crippen LogP contribution >= 0.6 is 72.7 Å². The summed E-state index contributed by atoms with van der Waals surface area (Å²) in [6.07, 6.45) is 2.16. The largest absolute Gasteiger partial charge is 0.355 e. The van der Waals surface area contributed by atoms with Gasteiger partial charge < -0.3 is 20.9 Å². The number of carbonyl (C=O) groups is 2. The summed E-state index contributed by atoms with van der Waals surface area (Å²) >= 11 is 14.2. The summed E-state index contributed by atoms with van der Waals surface area (Å²) < 4.78 is 3.27. The van der Waals surface area contributed by atoms with Crippen LogP contribution in [0.5, 0.6) is 0 Å². The molecule has 0 saturated heterocycles. The molecule has 5 aromatic carbocycles. The molecule has 6 nitrogen and oxygen atoms in total. The summed E-state index contributed by atoms with van der Waals surface area (Å²) in [7, 11) is 1.76. The maximum Gasteiger partial charge on any atom is 0.260 e. The number of anilines is 5. The number of halogens is 4. The summed E-state index contributed by atoms with van der Waals surface area (Å²) in [5, 5.41) is 10.3. The molecule has 0 unspecified atom stereocenters. The lowest BCUT2D eigenvalue weighted by molar-refractivity contribution is 0.0950. The molecule has 246 valence electrons. The molecule has 0 atom stereocenters. The Bertz CT molecular complexity index is 1950. The molecular formula is C38H34BrClI2N4O2. The molecule has 1 saturated carbocycles. The fraction of sp³-hybridized carbons (Fsp3) is 0.158. The van der Waals surface area contributed by atoms with Gasteiger partial charge in [-0.3, -0.25) is 9.59 Å². The van der Waals surface area contributed by atoms with E-state index >= 15 is 0 Å². The predicted molar refractivity (Wildman–Crippen MR) is 220 cm³/mol. The quantitative estimate of drug-likeness (QED) is 0.136. The van der Waals surface area contributed by atoms with Gasteiger partial charge in [-0.05, 0) is 168 Å². The van der Waals surface area contributed by atoms with Gasteiger partial charge in [0, 0.05) is 46.8 Å². The third-order valence-electron chi connectivity index (χ3n) is 7.71. The molecule has 1 fully saturated rings. The zero-order valence-corrected chi connectivity index (χ0v) is 33.2. The number of para-hydroxylation sites is 1. The van der Waals surface area contributed by atoms with Gasteiger partial charge >= 0.3 is 0 Å². The van der Waals surface area contributed by atoms with E-state index in [-0.39, 0.29) is 11.8 Å². The second kappa shape index (κ2) is 16.5. The highest BCUT2D eigenvalue weighted by atomic mass is 127. The van der Waals surface area contributed by atoms with Gasteiger partial charge in [0.2, 0.25) is 0 Å². The van der Waals surface area contributed by atoms with Crippen LogP contribution in [0.25, 0.3) is 0 Å². The smallest absolute Gasteiger partial charge is 0.260 e. The van der Waals surface area contributed by atoms with Crippen LogP contribution in [-0.2, 0) is 0 Å². The van der Waals surface area contributed by atoms with Crippen molar-refractivity contribution in [3.05, 3.63) is 142 Å². The van der Waals surface area contributed by atoms with Crippen LogP contribution in [0.3, 0.4) is 0 Å². The third-order valence-corrected chi connectivity index (χ3v) is 9.78. The van der Waals surface area contributed by atoms with Gasteiger partial charge in [0.25, 0.3) is 11.8 Å². The average molecular weight is 948 g/mol. The number of hydrogen-bond donors (Lipinski definition) is 3. The molecule has 0 aliphatic heterocycles. The fourth-order valence-electron chi connectivity index (χ4n) is 4.88. The molecule has 0 heterocycles. The normalized spacial score (nSPS) is 12.0. The highest BCUT2D eigenvalue weighted by Gasteiger charge is 2.25. The Labute approximate surface area is 322 Å². The van der Waals surface area contributed by atoms with Crippen LogP contribution in [0, 0.1) is 21.0 Å². The predicted octanol–water partition coefficient (Wildman–Crippen LogP) is 11.3. The highest BCUT2D eigenvalue weighted by Crippen LogP contribution is 2.30. The molecule has 1 aliphatic carbocycles. The van der Waals surface area contributed by atoms with E-state index in [9.17, 15) is 9.59 Å². The molecule has 5 aromatic rings. The summed E-state index contributed by atoms with van der Waals surface area (Å²) in [5.41, 5.74) is 7.82. The van der Waals surface area contributed by atoms with Gasteiger partial charge in [0.15, 0.2) is 0 Å². The maximum atomic E-state index is 13.1. The average Bonchev–Trinajstić information content (AvgIpc) is 3.89. The first-order valence-electron chi connectivity index (χ1n) is 15.3. The van der Waals surface area contributed by atoms with E-state index in [0.717, 1.165) is 56.9 Å². The lowest BCUT2D eigenvalue weighted by atomic mass is 10.1. The number of hydrogen-bond acceptors (Lipinski definition) is 4. The van der Waals surface area contributed by atoms with Gasteiger partial charge in [-0.1, -0.05) is 45.7 Å². The van der Waals surface area contributed by atoms with Crippen LogP contribution in [0.15, 0.2) is 108 Å². The number of carbonyl (C=O) groups excluding carboxylic acids is 2. The van der Waals surface area contributed by atoms with Gasteiger partial charge in [0.1, 0.15) is 0 Å². The number of nitrogens with zero attached hydrogens (tertiary/aromatic N) is 1. The van der Waals surface area contributed by atoms with Crippen molar-refractivity contribution in [3.8, 4) is 0 Å². The first-order chi connectivity index (χ1) is 23.0. The van der Waals surface area contributed by atoms with Crippen molar-refractivity contribution in [2.45, 2.75) is 32.7 Å². The first-order valence-corrected chi connectivity index (χ1v) is 18.6. The molecule has 10 heteroatoms. The summed E-state index contributed by atoms with van der Waals surface area (Å²) in [6, 6.07) is 33.3. The Kier molecular flexibility index (Phi) is 12.4. The SMILES string of the molecule is Cc1cc(I)ccc1Nc1ccc(Br)cc1C(=O)NC1CC1.Cc1cc(I)ccc1Nc1ccc(Cl)cc1C(=O)N(C)c1ccccc1.